The SMILES string of the molecule is COc1cccc2nc(-c3c(C)nc4c(-c5ccccc5)c(C(F)(F)F)[nH]n4c3=O)oc12. The highest BCUT2D eigenvalue weighted by Crippen LogP contribution is 2.38. The number of aromatic amines is 1. The summed E-state index contributed by atoms with van der Waals surface area (Å²) in [4.78, 5) is 22.0. The number of oxazole rings is 1. The predicted octanol–water partition coefficient (Wildman–Crippen LogP) is 4.83. The molecule has 0 unspecified atom stereocenters. The van der Waals surface area contributed by atoms with Gasteiger partial charge in [0.2, 0.25) is 5.89 Å². The number of ether oxygens (including phenoxy) is 1. The molecular formula is C22H15F3N4O3. The van der Waals surface area contributed by atoms with Crippen molar-refractivity contribution in [3.05, 3.63) is 70.3 Å². The van der Waals surface area contributed by atoms with Crippen LogP contribution < -0.4 is 10.3 Å². The first-order valence-corrected chi connectivity index (χ1v) is 9.51. The molecule has 0 spiro atoms. The number of para-hydroxylation sites is 1. The lowest BCUT2D eigenvalue weighted by Crippen LogP contribution is -2.19. The molecule has 0 bridgehead atoms. The summed E-state index contributed by atoms with van der Waals surface area (Å²) >= 11 is 0. The summed E-state index contributed by atoms with van der Waals surface area (Å²) in [5, 5.41) is 2.19. The van der Waals surface area contributed by atoms with Gasteiger partial charge < -0.3 is 9.15 Å². The fourth-order valence-corrected chi connectivity index (χ4v) is 3.70. The van der Waals surface area contributed by atoms with E-state index >= 15 is 0 Å². The molecule has 0 aliphatic heterocycles. The van der Waals surface area contributed by atoms with Gasteiger partial charge in [-0.2, -0.15) is 17.7 Å². The number of rotatable bonds is 3. The number of H-pyrrole nitrogens is 1. The van der Waals surface area contributed by atoms with Crippen LogP contribution in [0.5, 0.6) is 5.75 Å². The van der Waals surface area contributed by atoms with Crippen LogP contribution in [0.1, 0.15) is 11.4 Å². The molecular weight excluding hydrogens is 425 g/mol. The molecule has 0 radical (unpaired) electrons. The van der Waals surface area contributed by atoms with Crippen LogP contribution in [0.25, 0.3) is 39.3 Å². The molecule has 0 aliphatic rings. The Balaban J connectivity index is 1.82. The molecule has 0 aliphatic carbocycles. The first-order valence-electron chi connectivity index (χ1n) is 9.51. The van der Waals surface area contributed by atoms with E-state index in [2.05, 4.69) is 15.1 Å². The van der Waals surface area contributed by atoms with Crippen molar-refractivity contribution < 1.29 is 22.3 Å². The van der Waals surface area contributed by atoms with E-state index in [9.17, 15) is 18.0 Å². The number of aryl methyl sites for hydroxylation is 1. The lowest BCUT2D eigenvalue weighted by molar-refractivity contribution is -0.140. The van der Waals surface area contributed by atoms with E-state index in [4.69, 9.17) is 9.15 Å². The zero-order valence-electron chi connectivity index (χ0n) is 16.8. The molecule has 162 valence electrons. The van der Waals surface area contributed by atoms with Gasteiger partial charge in [-0.15, -0.1) is 0 Å². The van der Waals surface area contributed by atoms with Crippen LogP contribution >= 0.6 is 0 Å². The van der Waals surface area contributed by atoms with Gasteiger partial charge in [-0.3, -0.25) is 9.89 Å². The highest BCUT2D eigenvalue weighted by molar-refractivity contribution is 5.83. The first kappa shape index (κ1) is 19.9. The minimum absolute atomic E-state index is 0.0460. The smallest absolute Gasteiger partial charge is 0.433 e. The van der Waals surface area contributed by atoms with Crippen molar-refractivity contribution in [2.45, 2.75) is 13.1 Å². The molecule has 2 aromatic carbocycles. The Labute approximate surface area is 178 Å². The van der Waals surface area contributed by atoms with E-state index in [1.54, 1.807) is 36.4 Å². The van der Waals surface area contributed by atoms with Gasteiger partial charge in [0.05, 0.1) is 18.4 Å². The molecule has 3 aromatic heterocycles. The number of nitrogens with one attached hydrogen (secondary N) is 1. The molecule has 0 amide bonds. The number of benzene rings is 2. The largest absolute Gasteiger partial charge is 0.493 e. The van der Waals surface area contributed by atoms with Crippen molar-refractivity contribution >= 4 is 16.7 Å². The highest BCUT2D eigenvalue weighted by atomic mass is 19.4. The second-order valence-electron chi connectivity index (χ2n) is 7.09. The number of alkyl halides is 3. The molecule has 7 nitrogen and oxygen atoms in total. The van der Waals surface area contributed by atoms with Crippen LogP contribution in [-0.4, -0.2) is 26.7 Å². The number of methoxy groups -OCH3 is 1. The van der Waals surface area contributed by atoms with Crippen molar-refractivity contribution in [1.29, 1.82) is 0 Å². The molecule has 0 saturated carbocycles. The number of hydrogen-bond acceptors (Lipinski definition) is 5. The molecule has 5 rings (SSSR count). The molecule has 32 heavy (non-hydrogen) atoms. The number of aromatic nitrogens is 4. The van der Waals surface area contributed by atoms with Crippen molar-refractivity contribution in [2.75, 3.05) is 7.11 Å². The van der Waals surface area contributed by atoms with Gasteiger partial charge in [0.25, 0.3) is 5.56 Å². The summed E-state index contributed by atoms with van der Waals surface area (Å²) in [7, 11) is 1.47. The van der Waals surface area contributed by atoms with Crippen molar-refractivity contribution in [3.8, 4) is 28.3 Å². The van der Waals surface area contributed by atoms with Crippen LogP contribution in [0.2, 0.25) is 0 Å². The molecule has 0 fully saturated rings. The average molecular weight is 440 g/mol. The monoisotopic (exact) mass is 440 g/mol. The van der Waals surface area contributed by atoms with Gasteiger partial charge in [0.15, 0.2) is 17.0 Å². The minimum atomic E-state index is -4.73. The third kappa shape index (κ3) is 2.95. The van der Waals surface area contributed by atoms with Gasteiger partial charge >= 0.3 is 6.18 Å². The van der Waals surface area contributed by atoms with E-state index in [1.165, 1.54) is 26.2 Å². The summed E-state index contributed by atoms with van der Waals surface area (Å²) < 4.78 is 53.3. The molecule has 5 aromatic rings. The summed E-state index contributed by atoms with van der Waals surface area (Å²) in [5.41, 5.74) is -0.982. The minimum Gasteiger partial charge on any atom is -0.493 e. The van der Waals surface area contributed by atoms with E-state index in [1.807, 2.05) is 0 Å². The Bertz CT molecular complexity index is 1530. The second-order valence-corrected chi connectivity index (χ2v) is 7.09. The van der Waals surface area contributed by atoms with E-state index in [0.29, 0.717) is 16.8 Å². The summed E-state index contributed by atoms with van der Waals surface area (Å²) in [6.07, 6.45) is -4.73. The second kappa shape index (κ2) is 6.98. The molecule has 1 N–H and O–H groups in total. The van der Waals surface area contributed by atoms with E-state index in [0.717, 1.165) is 4.52 Å². The Morgan fingerprint density at radius 2 is 1.78 bits per heavy atom. The lowest BCUT2D eigenvalue weighted by atomic mass is 10.1. The van der Waals surface area contributed by atoms with Crippen LogP contribution in [0.4, 0.5) is 13.2 Å². The molecule has 3 heterocycles. The summed E-state index contributed by atoms with van der Waals surface area (Å²) in [5.74, 6) is 0.358. The average Bonchev–Trinajstić information content (AvgIpc) is 3.36. The summed E-state index contributed by atoms with van der Waals surface area (Å²) in [6.45, 7) is 1.53. The van der Waals surface area contributed by atoms with Gasteiger partial charge in [0, 0.05) is 0 Å². The van der Waals surface area contributed by atoms with Crippen LogP contribution in [0.3, 0.4) is 0 Å². The Kier molecular flexibility index (Phi) is 4.33. The quantitative estimate of drug-likeness (QED) is 0.434. The fourth-order valence-electron chi connectivity index (χ4n) is 3.70. The number of fused-ring (bicyclic) bond motifs is 2. The number of hydrogen-bond donors (Lipinski definition) is 1. The zero-order valence-corrected chi connectivity index (χ0v) is 16.8. The van der Waals surface area contributed by atoms with Crippen LogP contribution in [0.15, 0.2) is 57.7 Å². The Hall–Kier alpha value is -4.08. The maximum atomic E-state index is 13.8. The van der Waals surface area contributed by atoms with E-state index in [-0.39, 0.29) is 33.9 Å². The Morgan fingerprint density at radius 3 is 2.47 bits per heavy atom. The van der Waals surface area contributed by atoms with Crippen LogP contribution in [-0.2, 0) is 6.18 Å². The zero-order chi connectivity index (χ0) is 22.6. The predicted molar refractivity (Wildman–Crippen MR) is 111 cm³/mol. The standard InChI is InChI=1S/C22H15F3N4O3/c1-11-15(20-27-13-9-6-10-14(31-2)17(13)32-20)21(30)29-19(26-11)16(12-7-4-3-5-8-12)18(28-29)22(23,24)25/h3-10,28H,1-2H3. The van der Waals surface area contributed by atoms with Gasteiger partial charge in [-0.25, -0.2) is 9.97 Å². The molecule has 0 atom stereocenters. The fraction of sp³-hybridized carbons (Fsp3) is 0.136. The lowest BCUT2D eigenvalue weighted by Gasteiger charge is -2.07. The Morgan fingerprint density at radius 1 is 1.03 bits per heavy atom. The maximum Gasteiger partial charge on any atom is 0.433 e. The third-order valence-corrected chi connectivity index (χ3v) is 5.12. The molecule has 0 saturated heterocycles. The van der Waals surface area contributed by atoms with Crippen LogP contribution in [0, 0.1) is 6.92 Å². The topological polar surface area (TPSA) is 85.4 Å². The number of nitrogens with zero attached hydrogens (tertiary/aromatic N) is 3. The van der Waals surface area contributed by atoms with Gasteiger partial charge in [0.1, 0.15) is 16.8 Å². The van der Waals surface area contributed by atoms with E-state index < -0.39 is 17.4 Å². The van der Waals surface area contributed by atoms with Crippen molar-refractivity contribution in [3.63, 3.8) is 0 Å². The first-order chi connectivity index (χ1) is 15.3. The normalized spacial score (nSPS) is 12.0. The summed E-state index contributed by atoms with van der Waals surface area (Å²) in [6, 6.07) is 13.0. The van der Waals surface area contributed by atoms with Crippen molar-refractivity contribution in [1.82, 2.24) is 19.6 Å². The van der Waals surface area contributed by atoms with Gasteiger partial charge in [-0.05, 0) is 24.6 Å². The highest BCUT2D eigenvalue weighted by Gasteiger charge is 2.38. The van der Waals surface area contributed by atoms with Crippen molar-refractivity contribution in [2.24, 2.45) is 0 Å². The number of halogens is 3. The molecule has 10 heteroatoms. The third-order valence-electron chi connectivity index (χ3n) is 5.12. The van der Waals surface area contributed by atoms with Gasteiger partial charge in [-0.1, -0.05) is 36.4 Å². The maximum absolute atomic E-state index is 13.8.